The van der Waals surface area contributed by atoms with Crippen LogP contribution in [0.1, 0.15) is 39.5 Å². The van der Waals surface area contributed by atoms with Crippen LogP contribution in [0.3, 0.4) is 0 Å². The largest absolute Gasteiger partial charge is 0.369 e. The second-order valence-corrected chi connectivity index (χ2v) is 4.06. The molecule has 0 spiro atoms. The zero-order chi connectivity index (χ0) is 11.8. The average Bonchev–Trinajstić information content (AvgIpc) is 2.31. The SMILES string of the molecule is CCCCN(CCCC)c1[c]cccc1F. The third-order valence-electron chi connectivity index (χ3n) is 2.66. The quantitative estimate of drug-likeness (QED) is 0.673. The van der Waals surface area contributed by atoms with Crippen LogP contribution in [0.15, 0.2) is 18.2 Å². The molecule has 1 nitrogen and oxygen atoms in total. The molecule has 0 bridgehead atoms. The molecule has 0 fully saturated rings. The van der Waals surface area contributed by atoms with Crippen molar-refractivity contribution < 1.29 is 4.39 Å². The molecule has 0 saturated carbocycles. The van der Waals surface area contributed by atoms with Gasteiger partial charge in [-0.2, -0.15) is 0 Å². The van der Waals surface area contributed by atoms with Gasteiger partial charge in [0.1, 0.15) is 5.82 Å². The molecule has 0 aromatic heterocycles. The molecule has 0 N–H and O–H groups in total. The number of unbranched alkanes of at least 4 members (excludes halogenated alkanes) is 2. The molecule has 2 heteroatoms. The standard InChI is InChI=1S/C14H21FN/c1-3-5-11-16(12-6-4-2)14-10-8-7-9-13(14)15/h7-9H,3-6,11-12H2,1-2H3. The van der Waals surface area contributed by atoms with Crippen LogP contribution in [0, 0.1) is 11.9 Å². The van der Waals surface area contributed by atoms with Crippen molar-refractivity contribution in [2.24, 2.45) is 0 Å². The second kappa shape index (κ2) is 7.26. The topological polar surface area (TPSA) is 3.24 Å². The first-order valence-electron chi connectivity index (χ1n) is 6.20. The molecule has 0 amide bonds. The summed E-state index contributed by atoms with van der Waals surface area (Å²) in [6.07, 6.45) is 4.48. The minimum Gasteiger partial charge on any atom is -0.369 e. The Balaban J connectivity index is 2.70. The molecule has 1 aromatic rings. The van der Waals surface area contributed by atoms with Crippen LogP contribution in [0.25, 0.3) is 0 Å². The first-order valence-corrected chi connectivity index (χ1v) is 6.20. The van der Waals surface area contributed by atoms with Crippen molar-refractivity contribution in [2.45, 2.75) is 39.5 Å². The van der Waals surface area contributed by atoms with Gasteiger partial charge in [-0.3, -0.25) is 0 Å². The number of nitrogens with zero attached hydrogens (tertiary/aromatic N) is 1. The van der Waals surface area contributed by atoms with Crippen LogP contribution < -0.4 is 4.90 Å². The fourth-order valence-corrected chi connectivity index (χ4v) is 1.68. The smallest absolute Gasteiger partial charge is 0.147 e. The fraction of sp³-hybridized carbons (Fsp3) is 0.571. The Morgan fingerprint density at radius 1 is 1.19 bits per heavy atom. The van der Waals surface area contributed by atoms with Crippen molar-refractivity contribution in [3.05, 3.63) is 30.1 Å². The van der Waals surface area contributed by atoms with Gasteiger partial charge in [-0.1, -0.05) is 38.8 Å². The van der Waals surface area contributed by atoms with Crippen molar-refractivity contribution in [1.29, 1.82) is 0 Å². The maximum atomic E-state index is 13.6. The molecule has 1 rings (SSSR count). The number of hydrogen-bond acceptors (Lipinski definition) is 1. The molecule has 0 atom stereocenters. The summed E-state index contributed by atoms with van der Waals surface area (Å²) < 4.78 is 13.6. The monoisotopic (exact) mass is 222 g/mol. The summed E-state index contributed by atoms with van der Waals surface area (Å²) in [5.41, 5.74) is 0.629. The lowest BCUT2D eigenvalue weighted by molar-refractivity contribution is 0.604. The number of halogens is 1. The Bertz CT molecular complexity index is 291. The summed E-state index contributed by atoms with van der Waals surface area (Å²) in [5.74, 6) is -0.158. The fourth-order valence-electron chi connectivity index (χ4n) is 1.68. The van der Waals surface area contributed by atoms with Crippen LogP contribution in [0.2, 0.25) is 0 Å². The predicted molar refractivity (Wildman–Crippen MR) is 67.3 cm³/mol. The lowest BCUT2D eigenvalue weighted by Gasteiger charge is -2.24. The first kappa shape index (κ1) is 13.0. The van der Waals surface area contributed by atoms with Gasteiger partial charge >= 0.3 is 0 Å². The van der Waals surface area contributed by atoms with Gasteiger partial charge in [-0.05, 0) is 18.9 Å². The van der Waals surface area contributed by atoms with Crippen LogP contribution in [-0.4, -0.2) is 13.1 Å². The second-order valence-electron chi connectivity index (χ2n) is 4.06. The van der Waals surface area contributed by atoms with Crippen LogP contribution >= 0.6 is 0 Å². The maximum Gasteiger partial charge on any atom is 0.147 e. The molecule has 0 aliphatic rings. The number of rotatable bonds is 7. The van der Waals surface area contributed by atoms with Gasteiger partial charge in [0.15, 0.2) is 0 Å². The third-order valence-corrected chi connectivity index (χ3v) is 2.66. The van der Waals surface area contributed by atoms with E-state index in [1.807, 2.05) is 0 Å². The highest BCUT2D eigenvalue weighted by Gasteiger charge is 2.09. The van der Waals surface area contributed by atoms with Gasteiger partial charge < -0.3 is 4.90 Å². The predicted octanol–water partition coefficient (Wildman–Crippen LogP) is 4.03. The van der Waals surface area contributed by atoms with E-state index >= 15 is 0 Å². The molecule has 0 heterocycles. The van der Waals surface area contributed by atoms with Gasteiger partial charge in [0, 0.05) is 19.2 Å². The number of benzene rings is 1. The van der Waals surface area contributed by atoms with Crippen molar-refractivity contribution >= 4 is 5.69 Å². The van der Waals surface area contributed by atoms with Gasteiger partial charge in [0.05, 0.1) is 5.69 Å². The molecule has 89 valence electrons. The lowest BCUT2D eigenvalue weighted by atomic mass is 10.2. The summed E-state index contributed by atoms with van der Waals surface area (Å²) in [7, 11) is 0. The van der Waals surface area contributed by atoms with Gasteiger partial charge in [0.2, 0.25) is 0 Å². The number of hydrogen-bond donors (Lipinski definition) is 0. The minimum absolute atomic E-state index is 0.158. The maximum absolute atomic E-state index is 13.6. The zero-order valence-electron chi connectivity index (χ0n) is 10.3. The lowest BCUT2D eigenvalue weighted by Crippen LogP contribution is -2.26. The first-order chi connectivity index (χ1) is 7.79. The Labute approximate surface area is 98.3 Å². The minimum atomic E-state index is -0.158. The summed E-state index contributed by atoms with van der Waals surface area (Å²) >= 11 is 0. The van der Waals surface area contributed by atoms with Gasteiger partial charge in [0.25, 0.3) is 0 Å². The van der Waals surface area contributed by atoms with Crippen molar-refractivity contribution in [3.8, 4) is 0 Å². The Morgan fingerprint density at radius 2 is 1.81 bits per heavy atom. The summed E-state index contributed by atoms with van der Waals surface area (Å²) in [5, 5.41) is 0. The van der Waals surface area contributed by atoms with E-state index in [9.17, 15) is 4.39 Å². The van der Waals surface area contributed by atoms with Crippen molar-refractivity contribution in [1.82, 2.24) is 0 Å². The Hall–Kier alpha value is -1.05. The molecule has 1 radical (unpaired) electrons. The van der Waals surface area contributed by atoms with E-state index in [-0.39, 0.29) is 5.82 Å². The van der Waals surface area contributed by atoms with Crippen LogP contribution in [-0.2, 0) is 0 Å². The molecule has 1 aromatic carbocycles. The van der Waals surface area contributed by atoms with Crippen molar-refractivity contribution in [3.63, 3.8) is 0 Å². The highest BCUT2D eigenvalue weighted by molar-refractivity contribution is 5.46. The third kappa shape index (κ3) is 3.84. The highest BCUT2D eigenvalue weighted by Crippen LogP contribution is 2.19. The van der Waals surface area contributed by atoms with E-state index in [0.717, 1.165) is 38.8 Å². The summed E-state index contributed by atoms with van der Waals surface area (Å²) in [6.45, 7) is 6.16. The van der Waals surface area contributed by atoms with E-state index in [4.69, 9.17) is 0 Å². The average molecular weight is 222 g/mol. The van der Waals surface area contributed by atoms with E-state index in [2.05, 4.69) is 24.8 Å². The molecule has 0 unspecified atom stereocenters. The number of para-hydroxylation sites is 1. The highest BCUT2D eigenvalue weighted by atomic mass is 19.1. The molecule has 0 aliphatic carbocycles. The Kier molecular flexibility index (Phi) is 5.91. The van der Waals surface area contributed by atoms with Crippen molar-refractivity contribution in [2.75, 3.05) is 18.0 Å². The number of anilines is 1. The van der Waals surface area contributed by atoms with E-state index in [1.54, 1.807) is 12.1 Å². The zero-order valence-corrected chi connectivity index (χ0v) is 10.3. The molecular weight excluding hydrogens is 201 g/mol. The van der Waals surface area contributed by atoms with Crippen LogP contribution in [0.4, 0.5) is 10.1 Å². The molecule has 0 saturated heterocycles. The molecular formula is C14H21FN. The van der Waals surface area contributed by atoms with Crippen LogP contribution in [0.5, 0.6) is 0 Å². The normalized spacial score (nSPS) is 10.4. The molecule has 0 aliphatic heterocycles. The van der Waals surface area contributed by atoms with Gasteiger partial charge in [-0.15, -0.1) is 0 Å². The van der Waals surface area contributed by atoms with Gasteiger partial charge in [-0.25, -0.2) is 4.39 Å². The van der Waals surface area contributed by atoms with E-state index < -0.39 is 0 Å². The van der Waals surface area contributed by atoms with E-state index in [0.29, 0.717) is 5.69 Å². The molecule has 16 heavy (non-hydrogen) atoms. The Morgan fingerprint density at radius 3 is 2.31 bits per heavy atom. The summed E-state index contributed by atoms with van der Waals surface area (Å²) in [4.78, 5) is 2.11. The summed E-state index contributed by atoms with van der Waals surface area (Å²) in [6, 6.07) is 7.99. The van der Waals surface area contributed by atoms with E-state index in [1.165, 1.54) is 6.07 Å².